The predicted octanol–water partition coefficient (Wildman–Crippen LogP) is 0.632. The van der Waals surface area contributed by atoms with Gasteiger partial charge in [-0.2, -0.15) is 0 Å². The molecule has 7 heteroatoms. The fourth-order valence-corrected chi connectivity index (χ4v) is 2.90. The molecule has 0 amide bonds. The molecule has 0 saturated carbocycles. The zero-order chi connectivity index (χ0) is 13.7. The number of hydrogen-bond acceptors (Lipinski definition) is 5. The van der Waals surface area contributed by atoms with Gasteiger partial charge in [-0.1, -0.05) is 0 Å². The Kier molecular flexibility index (Phi) is 4.71. The molecular formula is C12H20N4O2S. The summed E-state index contributed by atoms with van der Waals surface area (Å²) in [5.41, 5.74) is 0. The Morgan fingerprint density at radius 3 is 3.00 bits per heavy atom. The van der Waals surface area contributed by atoms with E-state index in [1.165, 1.54) is 6.26 Å². The van der Waals surface area contributed by atoms with Gasteiger partial charge in [0.1, 0.15) is 5.82 Å². The monoisotopic (exact) mass is 284 g/mol. The van der Waals surface area contributed by atoms with E-state index in [0.29, 0.717) is 12.5 Å². The molecule has 0 aliphatic carbocycles. The summed E-state index contributed by atoms with van der Waals surface area (Å²) < 4.78 is 24.6. The lowest BCUT2D eigenvalue weighted by Gasteiger charge is -2.33. The number of nitrogens with zero attached hydrogens (tertiary/aromatic N) is 3. The van der Waals surface area contributed by atoms with Crippen LogP contribution in [0.5, 0.6) is 0 Å². The maximum Gasteiger partial charge on any atom is 0.208 e. The minimum absolute atomic E-state index is 0.505. The minimum atomic E-state index is -3.08. The van der Waals surface area contributed by atoms with E-state index in [1.54, 1.807) is 18.6 Å². The highest BCUT2D eigenvalue weighted by Gasteiger charge is 2.20. The first-order valence-electron chi connectivity index (χ1n) is 6.50. The SMILES string of the molecule is CS(=O)(=O)NCCC1CCCN(c2cnccn2)C1. The van der Waals surface area contributed by atoms with E-state index in [-0.39, 0.29) is 0 Å². The molecule has 0 bridgehead atoms. The van der Waals surface area contributed by atoms with Gasteiger partial charge in [0.25, 0.3) is 0 Å². The highest BCUT2D eigenvalue weighted by atomic mass is 32.2. The van der Waals surface area contributed by atoms with Gasteiger partial charge in [0, 0.05) is 32.0 Å². The topological polar surface area (TPSA) is 75.2 Å². The fraction of sp³-hybridized carbons (Fsp3) is 0.667. The molecule has 0 radical (unpaired) electrons. The van der Waals surface area contributed by atoms with Crippen LogP contribution in [0.15, 0.2) is 18.6 Å². The Morgan fingerprint density at radius 2 is 2.32 bits per heavy atom. The first kappa shape index (κ1) is 14.2. The van der Waals surface area contributed by atoms with Gasteiger partial charge < -0.3 is 4.90 Å². The Morgan fingerprint density at radius 1 is 1.47 bits per heavy atom. The zero-order valence-electron chi connectivity index (χ0n) is 11.1. The van der Waals surface area contributed by atoms with Crippen molar-refractivity contribution in [1.29, 1.82) is 0 Å². The summed E-state index contributed by atoms with van der Waals surface area (Å²) in [6, 6.07) is 0. The second-order valence-electron chi connectivity index (χ2n) is 4.97. The molecule has 2 rings (SSSR count). The van der Waals surface area contributed by atoms with Gasteiger partial charge in [-0.05, 0) is 25.2 Å². The van der Waals surface area contributed by atoms with Crippen molar-refractivity contribution in [1.82, 2.24) is 14.7 Å². The number of hydrogen-bond donors (Lipinski definition) is 1. The molecule has 6 nitrogen and oxygen atoms in total. The van der Waals surface area contributed by atoms with Crippen LogP contribution < -0.4 is 9.62 Å². The molecule has 1 atom stereocenters. The Hall–Kier alpha value is -1.21. The predicted molar refractivity (Wildman–Crippen MR) is 74.4 cm³/mol. The fourth-order valence-electron chi connectivity index (χ4n) is 2.41. The molecule has 1 aliphatic heterocycles. The van der Waals surface area contributed by atoms with Crippen molar-refractivity contribution in [2.24, 2.45) is 5.92 Å². The van der Waals surface area contributed by atoms with Crippen molar-refractivity contribution >= 4 is 15.8 Å². The highest BCUT2D eigenvalue weighted by molar-refractivity contribution is 7.88. The van der Waals surface area contributed by atoms with Crippen molar-refractivity contribution < 1.29 is 8.42 Å². The van der Waals surface area contributed by atoms with Crippen LogP contribution in [0.25, 0.3) is 0 Å². The summed E-state index contributed by atoms with van der Waals surface area (Å²) in [6.45, 7) is 2.43. The molecule has 1 aromatic heterocycles. The van der Waals surface area contributed by atoms with Crippen LogP contribution in [-0.2, 0) is 10.0 Å². The van der Waals surface area contributed by atoms with Crippen LogP contribution in [0.2, 0.25) is 0 Å². The van der Waals surface area contributed by atoms with Crippen molar-refractivity contribution in [2.45, 2.75) is 19.3 Å². The van der Waals surface area contributed by atoms with Crippen LogP contribution >= 0.6 is 0 Å². The quantitative estimate of drug-likeness (QED) is 0.858. The lowest BCUT2D eigenvalue weighted by Crippen LogP contribution is -2.37. The summed E-state index contributed by atoms with van der Waals surface area (Å²) in [4.78, 5) is 10.6. The standard InChI is InChI=1S/C12H20N4O2S/c1-19(17,18)15-5-4-11-3-2-8-16(10-11)12-9-13-6-7-14-12/h6-7,9,11,15H,2-5,8,10H2,1H3. The van der Waals surface area contributed by atoms with E-state index in [9.17, 15) is 8.42 Å². The van der Waals surface area contributed by atoms with Gasteiger partial charge in [0.15, 0.2) is 0 Å². The summed E-state index contributed by atoms with van der Waals surface area (Å²) in [5.74, 6) is 1.41. The molecule has 1 aliphatic rings. The van der Waals surface area contributed by atoms with E-state index in [2.05, 4.69) is 19.6 Å². The summed E-state index contributed by atoms with van der Waals surface area (Å²) in [6.07, 6.45) is 9.45. The van der Waals surface area contributed by atoms with Gasteiger partial charge in [0.2, 0.25) is 10.0 Å². The molecule has 1 unspecified atom stereocenters. The molecule has 106 valence electrons. The maximum atomic E-state index is 11.0. The van der Waals surface area contributed by atoms with Crippen molar-refractivity contribution in [3.63, 3.8) is 0 Å². The third kappa shape index (κ3) is 4.76. The van der Waals surface area contributed by atoms with E-state index in [0.717, 1.165) is 38.2 Å². The van der Waals surface area contributed by atoms with Crippen LogP contribution in [0.4, 0.5) is 5.82 Å². The van der Waals surface area contributed by atoms with Gasteiger partial charge >= 0.3 is 0 Å². The lowest BCUT2D eigenvalue weighted by molar-refractivity contribution is 0.389. The average molecular weight is 284 g/mol. The van der Waals surface area contributed by atoms with Crippen LogP contribution in [-0.4, -0.2) is 44.3 Å². The van der Waals surface area contributed by atoms with E-state index in [4.69, 9.17) is 0 Å². The van der Waals surface area contributed by atoms with E-state index in [1.807, 2.05) is 0 Å². The highest BCUT2D eigenvalue weighted by Crippen LogP contribution is 2.22. The molecule has 19 heavy (non-hydrogen) atoms. The number of sulfonamides is 1. The number of rotatable bonds is 5. The minimum Gasteiger partial charge on any atom is -0.355 e. The Labute approximate surface area is 114 Å². The largest absolute Gasteiger partial charge is 0.355 e. The Bertz CT molecular complexity index is 492. The Balaban J connectivity index is 1.84. The lowest BCUT2D eigenvalue weighted by atomic mass is 9.95. The summed E-state index contributed by atoms with van der Waals surface area (Å²) in [5, 5.41) is 0. The number of anilines is 1. The molecule has 1 saturated heterocycles. The normalized spacial score (nSPS) is 20.5. The van der Waals surface area contributed by atoms with Crippen molar-refractivity contribution in [3.05, 3.63) is 18.6 Å². The zero-order valence-corrected chi connectivity index (χ0v) is 11.9. The van der Waals surface area contributed by atoms with Gasteiger partial charge in [-0.25, -0.2) is 18.1 Å². The molecule has 1 aromatic rings. The molecule has 0 spiro atoms. The van der Waals surface area contributed by atoms with Crippen LogP contribution in [0, 0.1) is 5.92 Å². The van der Waals surface area contributed by atoms with Crippen LogP contribution in [0.3, 0.4) is 0 Å². The molecule has 2 heterocycles. The van der Waals surface area contributed by atoms with Crippen LogP contribution in [0.1, 0.15) is 19.3 Å². The number of aromatic nitrogens is 2. The first-order chi connectivity index (χ1) is 9.04. The van der Waals surface area contributed by atoms with Gasteiger partial charge in [0.05, 0.1) is 12.5 Å². The van der Waals surface area contributed by atoms with E-state index >= 15 is 0 Å². The number of nitrogens with one attached hydrogen (secondary N) is 1. The average Bonchev–Trinajstić information content (AvgIpc) is 2.39. The van der Waals surface area contributed by atoms with Gasteiger partial charge in [-0.15, -0.1) is 0 Å². The second-order valence-corrected chi connectivity index (χ2v) is 6.81. The smallest absolute Gasteiger partial charge is 0.208 e. The first-order valence-corrected chi connectivity index (χ1v) is 8.39. The maximum absolute atomic E-state index is 11.0. The third-order valence-electron chi connectivity index (χ3n) is 3.31. The molecular weight excluding hydrogens is 264 g/mol. The molecule has 1 fully saturated rings. The molecule has 0 aromatic carbocycles. The third-order valence-corrected chi connectivity index (χ3v) is 4.04. The summed E-state index contributed by atoms with van der Waals surface area (Å²) in [7, 11) is -3.08. The van der Waals surface area contributed by atoms with Crippen molar-refractivity contribution in [3.8, 4) is 0 Å². The number of piperidine rings is 1. The van der Waals surface area contributed by atoms with Crippen molar-refractivity contribution in [2.75, 3.05) is 30.8 Å². The molecule has 1 N–H and O–H groups in total. The van der Waals surface area contributed by atoms with E-state index < -0.39 is 10.0 Å². The second kappa shape index (κ2) is 6.29. The summed E-state index contributed by atoms with van der Waals surface area (Å²) >= 11 is 0. The van der Waals surface area contributed by atoms with Gasteiger partial charge in [-0.3, -0.25) is 4.98 Å².